The summed E-state index contributed by atoms with van der Waals surface area (Å²) in [7, 11) is -3.79. The van der Waals surface area contributed by atoms with Crippen LogP contribution in [0.4, 0.5) is 24.0 Å². The molecule has 1 aromatic carbocycles. The minimum Gasteiger partial charge on any atom is -0.296 e. The number of amides is 1. The van der Waals surface area contributed by atoms with Crippen molar-refractivity contribution in [1.29, 1.82) is 0 Å². The Bertz CT molecular complexity index is 1060. The van der Waals surface area contributed by atoms with Crippen LogP contribution in [0.15, 0.2) is 46.0 Å². The molecular weight excluding hydrogens is 425 g/mol. The number of carbonyl (C=O) groups excluding carboxylic acids is 1. The summed E-state index contributed by atoms with van der Waals surface area (Å²) in [5.41, 5.74) is 0.162. The van der Waals surface area contributed by atoms with Gasteiger partial charge >= 0.3 is 6.18 Å². The van der Waals surface area contributed by atoms with Gasteiger partial charge < -0.3 is 0 Å². The quantitative estimate of drug-likeness (QED) is 0.638. The van der Waals surface area contributed by atoms with Gasteiger partial charge in [0, 0.05) is 11.3 Å². The average molecular weight is 434 g/mol. The molecule has 0 aliphatic heterocycles. The number of sulfonamides is 1. The predicted octanol–water partition coefficient (Wildman–Crippen LogP) is 3.67. The van der Waals surface area contributed by atoms with Crippen LogP contribution in [0.5, 0.6) is 0 Å². The minimum absolute atomic E-state index is 0.0325. The largest absolute Gasteiger partial charge is 0.445 e. The van der Waals surface area contributed by atoms with Crippen molar-refractivity contribution in [2.45, 2.75) is 10.4 Å². The van der Waals surface area contributed by atoms with Crippen LogP contribution >= 0.6 is 22.7 Å². The number of nitrogens with zero attached hydrogens (tertiary/aromatic N) is 2. The fourth-order valence-electron chi connectivity index (χ4n) is 1.90. The maximum atomic E-state index is 12.5. The van der Waals surface area contributed by atoms with Gasteiger partial charge in [0.2, 0.25) is 10.1 Å². The fourth-order valence-corrected chi connectivity index (χ4v) is 4.55. The van der Waals surface area contributed by atoms with Crippen LogP contribution in [0.1, 0.15) is 15.4 Å². The number of carbonyl (C=O) groups is 1. The van der Waals surface area contributed by atoms with Crippen LogP contribution in [0.3, 0.4) is 0 Å². The zero-order chi connectivity index (χ0) is 19.7. The van der Waals surface area contributed by atoms with E-state index in [9.17, 15) is 26.4 Å². The summed E-state index contributed by atoms with van der Waals surface area (Å²) in [6.45, 7) is 0. The summed E-state index contributed by atoms with van der Waals surface area (Å²) in [4.78, 5) is 12.2. The summed E-state index contributed by atoms with van der Waals surface area (Å²) in [5, 5.41) is 8.54. The molecule has 7 nitrogen and oxygen atoms in total. The van der Waals surface area contributed by atoms with E-state index in [2.05, 4.69) is 20.2 Å². The first-order chi connectivity index (χ1) is 12.6. The molecule has 13 heteroatoms. The van der Waals surface area contributed by atoms with E-state index in [1.165, 1.54) is 30.3 Å². The molecule has 0 aliphatic rings. The maximum absolute atomic E-state index is 12.5. The Morgan fingerprint density at radius 2 is 1.89 bits per heavy atom. The van der Waals surface area contributed by atoms with Crippen molar-refractivity contribution in [3.8, 4) is 0 Å². The van der Waals surface area contributed by atoms with Crippen molar-refractivity contribution in [1.82, 2.24) is 10.2 Å². The molecule has 0 saturated carbocycles. The van der Waals surface area contributed by atoms with E-state index in [1.807, 2.05) is 0 Å². The number of halogens is 3. The average Bonchev–Trinajstić information content (AvgIpc) is 3.26. The first-order valence-electron chi connectivity index (χ1n) is 7.03. The van der Waals surface area contributed by atoms with Crippen LogP contribution in [-0.2, 0) is 16.2 Å². The lowest BCUT2D eigenvalue weighted by atomic mass is 10.2. The topological polar surface area (TPSA) is 101 Å². The third-order valence-electron chi connectivity index (χ3n) is 3.02. The van der Waals surface area contributed by atoms with Crippen molar-refractivity contribution in [2.24, 2.45) is 0 Å². The molecule has 3 rings (SSSR count). The molecule has 0 aliphatic carbocycles. The Kier molecular flexibility index (Phi) is 5.17. The normalized spacial score (nSPS) is 12.0. The number of nitrogens with one attached hydrogen (secondary N) is 2. The monoisotopic (exact) mass is 434 g/mol. The van der Waals surface area contributed by atoms with Gasteiger partial charge in [-0.15, -0.1) is 21.5 Å². The van der Waals surface area contributed by atoms with Gasteiger partial charge in [-0.3, -0.25) is 14.8 Å². The van der Waals surface area contributed by atoms with E-state index in [0.717, 1.165) is 11.3 Å². The summed E-state index contributed by atoms with van der Waals surface area (Å²) >= 11 is 1.22. The Labute approximate surface area is 158 Å². The first-order valence-corrected chi connectivity index (χ1v) is 10.2. The molecule has 0 unspecified atom stereocenters. The molecular formula is C14H9F3N4O3S3. The standard InChI is InChI=1S/C14H9F3N4O3S3/c15-14(16,17)12-19-20-13(26-12)18-11(22)8-3-1-4-9(7-8)21-27(23,24)10-5-2-6-25-10/h1-7,21H,(H,18,20,22). The van der Waals surface area contributed by atoms with Gasteiger partial charge in [0.15, 0.2) is 0 Å². The van der Waals surface area contributed by atoms with Gasteiger partial charge in [0.1, 0.15) is 4.21 Å². The van der Waals surface area contributed by atoms with Gasteiger partial charge in [-0.05, 0) is 29.6 Å². The number of thiophene rings is 1. The fraction of sp³-hybridized carbons (Fsp3) is 0.0714. The predicted molar refractivity (Wildman–Crippen MR) is 94.4 cm³/mol. The van der Waals surface area contributed by atoms with Gasteiger partial charge in [-0.2, -0.15) is 13.2 Å². The van der Waals surface area contributed by atoms with Crippen LogP contribution in [0, 0.1) is 0 Å². The van der Waals surface area contributed by atoms with Crippen molar-refractivity contribution in [3.63, 3.8) is 0 Å². The Morgan fingerprint density at radius 1 is 1.11 bits per heavy atom. The van der Waals surface area contributed by atoms with Crippen LogP contribution in [0.2, 0.25) is 0 Å². The Morgan fingerprint density at radius 3 is 2.52 bits per heavy atom. The number of rotatable bonds is 5. The van der Waals surface area contributed by atoms with Gasteiger partial charge in [0.25, 0.3) is 15.9 Å². The molecule has 2 N–H and O–H groups in total. The number of alkyl halides is 3. The molecule has 0 radical (unpaired) electrons. The van der Waals surface area contributed by atoms with Gasteiger partial charge in [0.05, 0.1) is 0 Å². The number of anilines is 2. The molecule has 27 heavy (non-hydrogen) atoms. The molecule has 3 aromatic rings. The van der Waals surface area contributed by atoms with E-state index in [0.29, 0.717) is 0 Å². The molecule has 2 aromatic heterocycles. The molecule has 2 heterocycles. The number of hydrogen-bond acceptors (Lipinski definition) is 7. The third-order valence-corrected chi connectivity index (χ3v) is 6.69. The highest BCUT2D eigenvalue weighted by Gasteiger charge is 2.35. The second-order valence-corrected chi connectivity index (χ2v) is 8.82. The van der Waals surface area contributed by atoms with E-state index in [4.69, 9.17) is 0 Å². The minimum atomic E-state index is -4.65. The van der Waals surface area contributed by atoms with E-state index < -0.39 is 27.1 Å². The van der Waals surface area contributed by atoms with Crippen LogP contribution in [0.25, 0.3) is 0 Å². The maximum Gasteiger partial charge on any atom is 0.445 e. The number of hydrogen-bond donors (Lipinski definition) is 2. The van der Waals surface area contributed by atoms with E-state index in [1.54, 1.807) is 11.4 Å². The first kappa shape index (κ1) is 19.3. The van der Waals surface area contributed by atoms with Gasteiger partial charge in [-0.1, -0.05) is 23.5 Å². The lowest BCUT2D eigenvalue weighted by Gasteiger charge is -2.08. The molecule has 0 fully saturated rings. The van der Waals surface area contributed by atoms with Crippen molar-refractivity contribution in [3.05, 3.63) is 52.3 Å². The van der Waals surface area contributed by atoms with Crippen molar-refractivity contribution in [2.75, 3.05) is 10.0 Å². The van der Waals surface area contributed by atoms with Crippen molar-refractivity contribution < 1.29 is 26.4 Å². The molecule has 1 amide bonds. The second kappa shape index (κ2) is 7.25. The summed E-state index contributed by atoms with van der Waals surface area (Å²) in [6.07, 6.45) is -4.65. The smallest absolute Gasteiger partial charge is 0.296 e. The molecule has 0 saturated heterocycles. The van der Waals surface area contributed by atoms with Gasteiger partial charge in [-0.25, -0.2) is 8.42 Å². The van der Waals surface area contributed by atoms with E-state index >= 15 is 0 Å². The zero-order valence-corrected chi connectivity index (χ0v) is 15.5. The molecule has 0 atom stereocenters. The lowest BCUT2D eigenvalue weighted by molar-refractivity contribution is -0.138. The molecule has 142 valence electrons. The highest BCUT2D eigenvalue weighted by molar-refractivity contribution is 7.94. The Hall–Kier alpha value is -2.51. The van der Waals surface area contributed by atoms with E-state index in [-0.39, 0.29) is 31.9 Å². The Balaban J connectivity index is 1.75. The second-order valence-electron chi connectivity index (χ2n) is 4.98. The zero-order valence-electron chi connectivity index (χ0n) is 13.0. The highest BCUT2D eigenvalue weighted by Crippen LogP contribution is 2.33. The molecule has 0 spiro atoms. The summed E-state index contributed by atoms with van der Waals surface area (Å²) in [6, 6.07) is 8.52. The van der Waals surface area contributed by atoms with Crippen molar-refractivity contribution >= 4 is 49.4 Å². The summed E-state index contributed by atoms with van der Waals surface area (Å²) in [5.74, 6) is -0.753. The number of aromatic nitrogens is 2. The lowest BCUT2D eigenvalue weighted by Crippen LogP contribution is -2.14. The summed E-state index contributed by atoms with van der Waals surface area (Å²) < 4.78 is 64.4. The van der Waals surface area contributed by atoms with Crippen LogP contribution < -0.4 is 10.0 Å². The number of benzene rings is 1. The molecule has 0 bridgehead atoms. The van der Waals surface area contributed by atoms with Crippen LogP contribution in [-0.4, -0.2) is 24.5 Å². The SMILES string of the molecule is O=C(Nc1nnc(C(F)(F)F)s1)c1cccc(NS(=O)(=O)c2cccs2)c1. The third kappa shape index (κ3) is 4.61. The highest BCUT2D eigenvalue weighted by atomic mass is 32.2.